The van der Waals surface area contributed by atoms with Crippen molar-refractivity contribution in [2.75, 3.05) is 20.8 Å². The summed E-state index contributed by atoms with van der Waals surface area (Å²) in [5.74, 6) is 1.92. The number of hydrogen-bond donors (Lipinski definition) is 1. The van der Waals surface area contributed by atoms with E-state index in [0.29, 0.717) is 5.75 Å². The smallest absolute Gasteiger partial charge is 0.258 e. The number of aryl methyl sites for hydroxylation is 1. The maximum Gasteiger partial charge on any atom is 0.258 e. The van der Waals surface area contributed by atoms with Crippen LogP contribution in [0.2, 0.25) is 0 Å². The van der Waals surface area contributed by atoms with Crippen LogP contribution in [0.1, 0.15) is 24.1 Å². The molecule has 0 aliphatic rings. The number of hydrogen-bond acceptors (Lipinski definition) is 4. The number of carbonyl (C=O) groups is 1. The van der Waals surface area contributed by atoms with Gasteiger partial charge in [0.1, 0.15) is 17.2 Å². The summed E-state index contributed by atoms with van der Waals surface area (Å²) in [7, 11) is 3.22. The fourth-order valence-electron chi connectivity index (χ4n) is 2.37. The first-order valence-electron chi connectivity index (χ1n) is 7.74. The first kappa shape index (κ1) is 17.7. The summed E-state index contributed by atoms with van der Waals surface area (Å²) in [6.07, 6.45) is 0. The molecule has 5 heteroatoms. The molecule has 0 saturated heterocycles. The molecule has 5 nitrogen and oxygen atoms in total. The van der Waals surface area contributed by atoms with Crippen LogP contribution in [-0.4, -0.2) is 26.7 Å². The Hall–Kier alpha value is -2.69. The average molecular weight is 329 g/mol. The van der Waals surface area contributed by atoms with Gasteiger partial charge in [0.25, 0.3) is 5.91 Å². The third-order valence-electron chi connectivity index (χ3n) is 3.66. The van der Waals surface area contributed by atoms with Gasteiger partial charge in [-0.25, -0.2) is 0 Å². The quantitative estimate of drug-likeness (QED) is 0.847. The molecule has 0 aromatic heterocycles. The molecule has 2 aromatic carbocycles. The fraction of sp³-hybridized carbons (Fsp3) is 0.316. The van der Waals surface area contributed by atoms with Gasteiger partial charge in [-0.15, -0.1) is 0 Å². The number of ether oxygens (including phenoxy) is 3. The molecule has 0 heterocycles. The molecular formula is C19H23NO4. The first-order chi connectivity index (χ1) is 11.5. The van der Waals surface area contributed by atoms with Gasteiger partial charge >= 0.3 is 0 Å². The minimum absolute atomic E-state index is 0.0508. The lowest BCUT2D eigenvalue weighted by Crippen LogP contribution is -2.31. The highest BCUT2D eigenvalue weighted by Crippen LogP contribution is 2.26. The lowest BCUT2D eigenvalue weighted by atomic mass is 10.0. The van der Waals surface area contributed by atoms with Crippen molar-refractivity contribution in [1.29, 1.82) is 0 Å². The molecule has 24 heavy (non-hydrogen) atoms. The summed E-state index contributed by atoms with van der Waals surface area (Å²) >= 11 is 0. The van der Waals surface area contributed by atoms with Gasteiger partial charge in [0.05, 0.1) is 20.3 Å². The third kappa shape index (κ3) is 4.65. The minimum Gasteiger partial charge on any atom is -0.497 e. The second-order valence-corrected chi connectivity index (χ2v) is 5.50. The summed E-state index contributed by atoms with van der Waals surface area (Å²) in [5.41, 5.74) is 2.05. The van der Waals surface area contributed by atoms with Gasteiger partial charge in [0.15, 0.2) is 6.61 Å². The molecule has 2 rings (SSSR count). The maximum atomic E-state index is 12.1. The molecule has 1 N–H and O–H groups in total. The zero-order valence-electron chi connectivity index (χ0n) is 14.5. The largest absolute Gasteiger partial charge is 0.497 e. The molecule has 0 saturated carbocycles. The Bertz CT molecular complexity index is 682. The van der Waals surface area contributed by atoms with E-state index < -0.39 is 0 Å². The van der Waals surface area contributed by atoms with Crippen LogP contribution in [0.15, 0.2) is 42.5 Å². The molecule has 0 fully saturated rings. The van der Waals surface area contributed by atoms with Gasteiger partial charge in [0, 0.05) is 5.56 Å². The fourth-order valence-corrected chi connectivity index (χ4v) is 2.37. The highest BCUT2D eigenvalue weighted by molar-refractivity contribution is 5.78. The normalized spacial score (nSPS) is 11.5. The van der Waals surface area contributed by atoms with Gasteiger partial charge in [-0.1, -0.05) is 17.7 Å². The van der Waals surface area contributed by atoms with Gasteiger partial charge < -0.3 is 19.5 Å². The van der Waals surface area contributed by atoms with Gasteiger partial charge in [-0.2, -0.15) is 0 Å². The van der Waals surface area contributed by atoms with E-state index in [2.05, 4.69) is 5.32 Å². The highest BCUT2D eigenvalue weighted by atomic mass is 16.5. The number of amides is 1. The number of carbonyl (C=O) groups excluding carboxylic acids is 1. The van der Waals surface area contributed by atoms with Crippen molar-refractivity contribution < 1.29 is 19.0 Å². The van der Waals surface area contributed by atoms with E-state index >= 15 is 0 Å². The number of rotatable bonds is 7. The zero-order chi connectivity index (χ0) is 17.5. The lowest BCUT2D eigenvalue weighted by molar-refractivity contribution is -0.123. The van der Waals surface area contributed by atoms with E-state index in [0.717, 1.165) is 22.6 Å². The predicted molar refractivity (Wildman–Crippen MR) is 92.8 cm³/mol. The Kier molecular flexibility index (Phi) is 6.07. The number of nitrogens with one attached hydrogen (secondary N) is 1. The van der Waals surface area contributed by atoms with E-state index in [4.69, 9.17) is 14.2 Å². The first-order valence-corrected chi connectivity index (χ1v) is 7.74. The predicted octanol–water partition coefficient (Wildman–Crippen LogP) is 3.27. The van der Waals surface area contributed by atoms with Crippen molar-refractivity contribution in [2.24, 2.45) is 0 Å². The molecule has 2 aromatic rings. The highest BCUT2D eigenvalue weighted by Gasteiger charge is 2.14. The van der Waals surface area contributed by atoms with Gasteiger partial charge in [-0.05, 0) is 44.2 Å². The Balaban J connectivity index is 1.92. The van der Waals surface area contributed by atoms with Crippen LogP contribution in [0.3, 0.4) is 0 Å². The van der Waals surface area contributed by atoms with Crippen molar-refractivity contribution in [3.8, 4) is 17.2 Å². The van der Waals surface area contributed by atoms with Crippen LogP contribution in [0.5, 0.6) is 17.2 Å². The summed E-state index contributed by atoms with van der Waals surface area (Å²) in [4.78, 5) is 12.1. The van der Waals surface area contributed by atoms with Gasteiger partial charge in [0.2, 0.25) is 0 Å². The van der Waals surface area contributed by atoms with E-state index in [9.17, 15) is 4.79 Å². The van der Waals surface area contributed by atoms with E-state index in [1.165, 1.54) is 0 Å². The Morgan fingerprint density at radius 2 is 1.71 bits per heavy atom. The van der Waals surface area contributed by atoms with Crippen molar-refractivity contribution in [1.82, 2.24) is 5.32 Å². The molecule has 0 unspecified atom stereocenters. The molecule has 1 atom stereocenters. The Morgan fingerprint density at radius 3 is 2.33 bits per heavy atom. The van der Waals surface area contributed by atoms with Crippen LogP contribution in [-0.2, 0) is 4.79 Å². The molecule has 0 bridgehead atoms. The molecule has 128 valence electrons. The van der Waals surface area contributed by atoms with E-state index in [1.54, 1.807) is 38.5 Å². The number of benzene rings is 2. The Morgan fingerprint density at radius 1 is 1.04 bits per heavy atom. The minimum atomic E-state index is -0.193. The van der Waals surface area contributed by atoms with Crippen LogP contribution in [0.25, 0.3) is 0 Å². The molecule has 0 aliphatic carbocycles. The second kappa shape index (κ2) is 8.24. The summed E-state index contributed by atoms with van der Waals surface area (Å²) in [6, 6.07) is 12.8. The van der Waals surface area contributed by atoms with Gasteiger partial charge in [-0.3, -0.25) is 4.79 Å². The van der Waals surface area contributed by atoms with Crippen molar-refractivity contribution in [3.05, 3.63) is 53.6 Å². The maximum absolute atomic E-state index is 12.1. The molecule has 0 aliphatic heterocycles. The SMILES string of the molecule is COc1ccc(OCC(=O)N[C@@H](C)c2cc(C)ccc2OC)cc1. The molecule has 1 amide bonds. The van der Waals surface area contributed by atoms with E-state index in [-0.39, 0.29) is 18.6 Å². The van der Waals surface area contributed by atoms with Crippen LogP contribution in [0, 0.1) is 6.92 Å². The lowest BCUT2D eigenvalue weighted by Gasteiger charge is -2.18. The van der Waals surface area contributed by atoms with Crippen molar-refractivity contribution in [2.45, 2.75) is 19.9 Å². The zero-order valence-corrected chi connectivity index (χ0v) is 14.5. The van der Waals surface area contributed by atoms with Crippen LogP contribution < -0.4 is 19.5 Å². The van der Waals surface area contributed by atoms with Crippen LogP contribution in [0.4, 0.5) is 0 Å². The van der Waals surface area contributed by atoms with Crippen LogP contribution >= 0.6 is 0 Å². The molecular weight excluding hydrogens is 306 g/mol. The molecule has 0 spiro atoms. The summed E-state index contributed by atoms with van der Waals surface area (Å²) < 4.78 is 15.9. The average Bonchev–Trinajstić information content (AvgIpc) is 2.60. The summed E-state index contributed by atoms with van der Waals surface area (Å²) in [5, 5.41) is 2.92. The van der Waals surface area contributed by atoms with Crippen molar-refractivity contribution in [3.63, 3.8) is 0 Å². The van der Waals surface area contributed by atoms with Crippen molar-refractivity contribution >= 4 is 5.91 Å². The standard InChI is InChI=1S/C19H23NO4/c1-13-5-10-18(23-4)17(11-13)14(2)20-19(21)12-24-16-8-6-15(22-3)7-9-16/h5-11,14H,12H2,1-4H3,(H,20,21)/t14-/m0/s1. The summed E-state index contributed by atoms with van der Waals surface area (Å²) in [6.45, 7) is 3.87. The number of methoxy groups -OCH3 is 2. The monoisotopic (exact) mass is 329 g/mol. The van der Waals surface area contributed by atoms with E-state index in [1.807, 2.05) is 32.0 Å². The second-order valence-electron chi connectivity index (χ2n) is 5.50. The molecule has 0 radical (unpaired) electrons. The Labute approximate surface area is 142 Å². The topological polar surface area (TPSA) is 56.8 Å². The third-order valence-corrected chi connectivity index (χ3v) is 3.66.